The molecule has 0 amide bonds. The highest BCUT2D eigenvalue weighted by molar-refractivity contribution is 5.81. The predicted octanol–water partition coefficient (Wildman–Crippen LogP) is 1.07. The molecule has 0 bridgehead atoms. The first-order chi connectivity index (χ1) is 7.92. The fourth-order valence-corrected chi connectivity index (χ4v) is 2.26. The van der Waals surface area contributed by atoms with Crippen LogP contribution in [0.5, 0.6) is 0 Å². The van der Waals surface area contributed by atoms with E-state index in [-0.39, 0.29) is 0 Å². The Hall–Kier alpha value is -1.61. The maximum Gasteiger partial charge on any atom is 0.281 e. The second-order valence-electron chi connectivity index (χ2n) is 4.32. The van der Waals surface area contributed by atoms with E-state index < -0.39 is 0 Å². The van der Waals surface area contributed by atoms with Crippen LogP contribution in [-0.2, 0) is 6.54 Å². The molecule has 1 N–H and O–H groups in total. The van der Waals surface area contributed by atoms with E-state index >= 15 is 0 Å². The molecule has 81 valence electrons. The molecule has 0 saturated carbocycles. The van der Waals surface area contributed by atoms with Gasteiger partial charge < -0.3 is 0 Å². The highest BCUT2D eigenvalue weighted by Gasteiger charge is 2.26. The third-order valence-electron chi connectivity index (χ3n) is 3.13. The summed E-state index contributed by atoms with van der Waals surface area (Å²) in [5, 5.41) is 4.09. The van der Waals surface area contributed by atoms with E-state index in [4.69, 9.17) is 0 Å². The fraction of sp³-hybridized carbons (Fsp3) is 0.308. The van der Waals surface area contributed by atoms with Gasteiger partial charge in [0.05, 0.1) is 11.3 Å². The van der Waals surface area contributed by atoms with Gasteiger partial charge in [-0.25, -0.2) is 0 Å². The van der Waals surface area contributed by atoms with Crippen LogP contribution in [0.1, 0.15) is 12.0 Å². The number of benzene rings is 1. The van der Waals surface area contributed by atoms with Gasteiger partial charge in [-0.05, 0) is 5.56 Å². The zero-order valence-electron chi connectivity index (χ0n) is 9.19. The zero-order valence-corrected chi connectivity index (χ0v) is 9.19. The topological polar surface area (TPSA) is 29.4 Å². The molecular weight excluding hydrogens is 198 g/mol. The second kappa shape index (κ2) is 4.10. The minimum absolute atomic E-state index is 1.01. The van der Waals surface area contributed by atoms with E-state index in [1.807, 2.05) is 6.21 Å². The summed E-state index contributed by atoms with van der Waals surface area (Å²) in [5.41, 5.74) is 7.11. The van der Waals surface area contributed by atoms with Crippen LogP contribution in [-0.4, -0.2) is 24.2 Å². The van der Waals surface area contributed by atoms with E-state index in [1.54, 1.807) is 0 Å². The van der Waals surface area contributed by atoms with Crippen molar-refractivity contribution in [3.8, 4) is 0 Å². The molecule has 0 aromatic heterocycles. The second-order valence-corrected chi connectivity index (χ2v) is 4.32. The van der Waals surface area contributed by atoms with Crippen molar-refractivity contribution in [2.24, 2.45) is 0 Å². The van der Waals surface area contributed by atoms with Crippen LogP contribution >= 0.6 is 0 Å². The smallest absolute Gasteiger partial charge is 0.281 e. The summed E-state index contributed by atoms with van der Waals surface area (Å²) in [6.07, 6.45) is 3.04. The van der Waals surface area contributed by atoms with E-state index in [2.05, 4.69) is 45.8 Å². The molecule has 3 rings (SSSR count). The van der Waals surface area contributed by atoms with Crippen molar-refractivity contribution in [2.75, 3.05) is 13.1 Å². The minimum atomic E-state index is 1.01. The van der Waals surface area contributed by atoms with Crippen molar-refractivity contribution in [1.82, 2.24) is 15.4 Å². The maximum absolute atomic E-state index is 4.09. The van der Waals surface area contributed by atoms with Crippen LogP contribution in [0.25, 0.3) is 0 Å². The maximum atomic E-state index is 4.09. The summed E-state index contributed by atoms with van der Waals surface area (Å²) in [6, 6.07) is 10.6. The molecule has 3 nitrogen and oxygen atoms in total. The molecule has 1 aromatic rings. The van der Waals surface area contributed by atoms with Crippen molar-refractivity contribution in [2.45, 2.75) is 13.0 Å². The number of hydrazone groups is 1. The molecule has 0 spiro atoms. The van der Waals surface area contributed by atoms with Gasteiger partial charge in [0.25, 0.3) is 6.21 Å². The highest BCUT2D eigenvalue weighted by atomic mass is 15.3. The summed E-state index contributed by atoms with van der Waals surface area (Å²) in [4.78, 5) is 2.47. The largest absolute Gasteiger partial charge is 0.294 e. The first kappa shape index (κ1) is 9.60. The van der Waals surface area contributed by atoms with Crippen LogP contribution < -0.4 is 10.5 Å². The summed E-state index contributed by atoms with van der Waals surface area (Å²) in [5.74, 6) is 0. The Morgan fingerprint density at radius 3 is 3.00 bits per heavy atom. The minimum Gasteiger partial charge on any atom is -0.294 e. The molecule has 16 heavy (non-hydrogen) atoms. The number of hydrogen-bond acceptors (Lipinski definition) is 3. The first-order valence-electron chi connectivity index (χ1n) is 5.69. The number of nitrogens with zero attached hydrogens (tertiary/aromatic N) is 2. The molecule has 0 aliphatic carbocycles. The van der Waals surface area contributed by atoms with Crippen LogP contribution in [0.3, 0.4) is 0 Å². The summed E-state index contributed by atoms with van der Waals surface area (Å²) in [6.45, 7) is 3.16. The van der Waals surface area contributed by atoms with Gasteiger partial charge >= 0.3 is 0 Å². The van der Waals surface area contributed by atoms with Gasteiger partial charge in [0.15, 0.2) is 5.10 Å². The number of rotatable bonds is 2. The van der Waals surface area contributed by atoms with Gasteiger partial charge in [-0.3, -0.25) is 4.90 Å². The predicted molar refractivity (Wildman–Crippen MR) is 64.7 cm³/mol. The van der Waals surface area contributed by atoms with Gasteiger partial charge in [0.2, 0.25) is 0 Å². The lowest BCUT2D eigenvalue weighted by atomic mass is 10.1. The summed E-state index contributed by atoms with van der Waals surface area (Å²) in [7, 11) is 0. The number of nitrogens with one attached hydrogen (secondary N) is 1. The monoisotopic (exact) mass is 213 g/mol. The van der Waals surface area contributed by atoms with Crippen LogP contribution in [0.15, 0.2) is 41.6 Å². The Balaban J connectivity index is 1.68. The van der Waals surface area contributed by atoms with E-state index in [9.17, 15) is 0 Å². The molecular formula is C13H15N3+. The summed E-state index contributed by atoms with van der Waals surface area (Å²) >= 11 is 0. The Labute approximate surface area is 95.5 Å². The van der Waals surface area contributed by atoms with Gasteiger partial charge in [0.1, 0.15) is 0 Å². The first-order valence-corrected chi connectivity index (χ1v) is 5.69. The Bertz CT molecular complexity index is 434. The third kappa shape index (κ3) is 1.86. The molecule has 0 saturated heterocycles. The van der Waals surface area contributed by atoms with Gasteiger partial charge in [-0.15, -0.1) is 5.43 Å². The third-order valence-corrected chi connectivity index (χ3v) is 3.13. The SMILES string of the molecule is C1=[N+]NC2=C1CN(Cc1ccccc1)CC2. The van der Waals surface area contributed by atoms with Crippen molar-refractivity contribution in [1.29, 1.82) is 0 Å². The van der Waals surface area contributed by atoms with Crippen molar-refractivity contribution < 1.29 is 0 Å². The summed E-state index contributed by atoms with van der Waals surface area (Å²) < 4.78 is 0. The van der Waals surface area contributed by atoms with Gasteiger partial charge in [-0.2, -0.15) is 0 Å². The normalized spacial score (nSPS) is 19.8. The Morgan fingerprint density at radius 1 is 1.25 bits per heavy atom. The molecule has 1 radical (unpaired) electrons. The Morgan fingerprint density at radius 2 is 2.12 bits per heavy atom. The van der Waals surface area contributed by atoms with Crippen LogP contribution in [0, 0.1) is 0 Å². The molecule has 2 heterocycles. The van der Waals surface area contributed by atoms with E-state index in [1.165, 1.54) is 16.8 Å². The molecule has 0 unspecified atom stereocenters. The van der Waals surface area contributed by atoms with Gasteiger partial charge in [-0.1, -0.05) is 30.3 Å². The average Bonchev–Trinajstić information content (AvgIpc) is 2.77. The molecule has 0 fully saturated rings. The highest BCUT2D eigenvalue weighted by Crippen LogP contribution is 2.17. The van der Waals surface area contributed by atoms with E-state index in [0.717, 1.165) is 26.1 Å². The average molecular weight is 213 g/mol. The lowest BCUT2D eigenvalue weighted by molar-refractivity contribution is 0.279. The molecule has 2 aliphatic rings. The Kier molecular flexibility index (Phi) is 2.46. The van der Waals surface area contributed by atoms with E-state index in [0.29, 0.717) is 0 Å². The van der Waals surface area contributed by atoms with Crippen LogP contribution in [0.2, 0.25) is 0 Å². The lowest BCUT2D eigenvalue weighted by Gasteiger charge is -2.25. The molecule has 3 heteroatoms. The fourth-order valence-electron chi connectivity index (χ4n) is 2.26. The number of hydrogen-bond donors (Lipinski definition) is 1. The van der Waals surface area contributed by atoms with Crippen molar-refractivity contribution in [3.63, 3.8) is 0 Å². The standard InChI is InChI=1S/C13H15N3/c1-2-4-11(5-3-1)9-16-7-6-13-12(10-16)8-14-15-13/h1-5,8,15H,6-7,9-10H2/q+1. The van der Waals surface area contributed by atoms with Crippen LogP contribution in [0.4, 0.5) is 0 Å². The molecule has 2 aliphatic heterocycles. The van der Waals surface area contributed by atoms with Gasteiger partial charge in [0, 0.05) is 26.1 Å². The molecule has 1 aromatic carbocycles. The lowest BCUT2D eigenvalue weighted by Crippen LogP contribution is -2.32. The zero-order chi connectivity index (χ0) is 10.8. The molecule has 0 atom stereocenters. The van der Waals surface area contributed by atoms with Crippen molar-refractivity contribution >= 4 is 6.21 Å². The van der Waals surface area contributed by atoms with Crippen molar-refractivity contribution in [3.05, 3.63) is 47.2 Å². The quantitative estimate of drug-likeness (QED) is 0.796.